The van der Waals surface area contributed by atoms with Crippen LogP contribution < -0.4 is 16.0 Å². The van der Waals surface area contributed by atoms with E-state index in [2.05, 4.69) is 43.3 Å². The van der Waals surface area contributed by atoms with Crippen LogP contribution in [-0.2, 0) is 0 Å². The first-order valence-electron chi connectivity index (χ1n) is 7.27. The standard InChI is InChI=1S/C15H28N4O/c1-6-15(7-2,19(4)5)14(18-16)12-9-13(20-8-3)11-17-10-12/h9-11,14,18H,6-8,16H2,1-5H3. The van der Waals surface area contributed by atoms with Gasteiger partial charge in [-0.25, -0.2) is 0 Å². The molecule has 0 bridgehead atoms. The first kappa shape index (κ1) is 16.9. The zero-order valence-corrected chi connectivity index (χ0v) is 13.3. The largest absolute Gasteiger partial charge is 0.492 e. The molecule has 0 radical (unpaired) electrons. The number of aromatic nitrogens is 1. The summed E-state index contributed by atoms with van der Waals surface area (Å²) in [6.07, 6.45) is 5.57. The number of hydrazine groups is 1. The Morgan fingerprint density at radius 3 is 2.40 bits per heavy atom. The van der Waals surface area contributed by atoms with E-state index < -0.39 is 0 Å². The lowest BCUT2D eigenvalue weighted by Gasteiger charge is -2.45. The molecule has 0 aliphatic carbocycles. The van der Waals surface area contributed by atoms with E-state index in [1.54, 1.807) is 6.20 Å². The van der Waals surface area contributed by atoms with Crippen molar-refractivity contribution in [3.63, 3.8) is 0 Å². The lowest BCUT2D eigenvalue weighted by Crippen LogP contribution is -2.54. The van der Waals surface area contributed by atoms with Gasteiger partial charge in [-0.2, -0.15) is 0 Å². The lowest BCUT2D eigenvalue weighted by molar-refractivity contribution is 0.0879. The molecule has 20 heavy (non-hydrogen) atoms. The molecule has 0 aromatic carbocycles. The number of nitrogens with one attached hydrogen (secondary N) is 1. The third-order valence-corrected chi connectivity index (χ3v) is 4.20. The first-order chi connectivity index (χ1) is 9.55. The molecule has 0 spiro atoms. The van der Waals surface area contributed by atoms with Gasteiger partial charge in [0.15, 0.2) is 0 Å². The number of rotatable bonds is 8. The molecule has 0 saturated heterocycles. The fourth-order valence-electron chi connectivity index (χ4n) is 2.95. The van der Waals surface area contributed by atoms with Gasteiger partial charge in [-0.05, 0) is 45.5 Å². The highest BCUT2D eigenvalue weighted by atomic mass is 16.5. The van der Waals surface area contributed by atoms with Gasteiger partial charge >= 0.3 is 0 Å². The third-order valence-electron chi connectivity index (χ3n) is 4.20. The number of hydrogen-bond donors (Lipinski definition) is 2. The third kappa shape index (κ3) is 3.29. The number of pyridine rings is 1. The Labute approximate surface area is 122 Å². The molecule has 0 aliphatic heterocycles. The van der Waals surface area contributed by atoms with Gasteiger partial charge in [-0.3, -0.25) is 16.3 Å². The predicted octanol–water partition coefficient (Wildman–Crippen LogP) is 2.11. The minimum Gasteiger partial charge on any atom is -0.492 e. The zero-order chi connectivity index (χ0) is 15.2. The molecule has 5 nitrogen and oxygen atoms in total. The summed E-state index contributed by atoms with van der Waals surface area (Å²) in [7, 11) is 4.19. The quantitative estimate of drug-likeness (QED) is 0.564. The summed E-state index contributed by atoms with van der Waals surface area (Å²) in [5.74, 6) is 6.64. The van der Waals surface area contributed by atoms with E-state index in [4.69, 9.17) is 10.6 Å². The smallest absolute Gasteiger partial charge is 0.137 e. The van der Waals surface area contributed by atoms with Crippen LogP contribution in [0.5, 0.6) is 5.75 Å². The number of nitrogens with zero attached hydrogens (tertiary/aromatic N) is 2. The molecule has 1 aromatic heterocycles. The molecule has 5 heteroatoms. The Hall–Kier alpha value is -1.17. The van der Waals surface area contributed by atoms with Crippen LogP contribution in [0.15, 0.2) is 18.5 Å². The Balaban J connectivity index is 3.19. The molecule has 0 amide bonds. The molecule has 1 rings (SSSR count). The van der Waals surface area contributed by atoms with Crippen LogP contribution >= 0.6 is 0 Å². The van der Waals surface area contributed by atoms with Gasteiger partial charge in [0.1, 0.15) is 5.75 Å². The van der Waals surface area contributed by atoms with Crippen molar-refractivity contribution in [1.29, 1.82) is 0 Å². The molecular weight excluding hydrogens is 252 g/mol. The summed E-state index contributed by atoms with van der Waals surface area (Å²) in [5, 5.41) is 0. The highest BCUT2D eigenvalue weighted by Gasteiger charge is 2.38. The van der Waals surface area contributed by atoms with Crippen LogP contribution in [-0.4, -0.2) is 36.1 Å². The molecule has 1 unspecified atom stereocenters. The van der Waals surface area contributed by atoms with E-state index in [1.165, 1.54) is 0 Å². The number of nitrogens with two attached hydrogens (primary N) is 1. The van der Waals surface area contributed by atoms with Crippen LogP contribution in [0.4, 0.5) is 0 Å². The summed E-state index contributed by atoms with van der Waals surface area (Å²) in [6.45, 7) is 6.97. The molecule has 1 atom stereocenters. The van der Waals surface area contributed by atoms with Gasteiger partial charge in [0.2, 0.25) is 0 Å². The Morgan fingerprint density at radius 2 is 1.95 bits per heavy atom. The second-order valence-electron chi connectivity index (χ2n) is 5.19. The summed E-state index contributed by atoms with van der Waals surface area (Å²) < 4.78 is 5.54. The van der Waals surface area contributed by atoms with Crippen LogP contribution in [0.25, 0.3) is 0 Å². The van der Waals surface area contributed by atoms with Gasteiger partial charge in [0.25, 0.3) is 0 Å². The van der Waals surface area contributed by atoms with Crippen molar-refractivity contribution in [2.45, 2.75) is 45.2 Å². The molecule has 0 saturated carbocycles. The molecule has 1 heterocycles. The molecule has 114 valence electrons. The summed E-state index contributed by atoms with van der Waals surface area (Å²) >= 11 is 0. The fraction of sp³-hybridized carbons (Fsp3) is 0.667. The Morgan fingerprint density at radius 1 is 1.30 bits per heavy atom. The van der Waals surface area contributed by atoms with Gasteiger partial charge < -0.3 is 9.64 Å². The highest BCUT2D eigenvalue weighted by Crippen LogP contribution is 2.36. The normalized spacial score (nSPS) is 13.6. The van der Waals surface area contributed by atoms with Crippen LogP contribution in [0.3, 0.4) is 0 Å². The van der Waals surface area contributed by atoms with Gasteiger partial charge in [0.05, 0.1) is 18.8 Å². The van der Waals surface area contributed by atoms with Crippen LogP contribution in [0, 0.1) is 0 Å². The summed E-state index contributed by atoms with van der Waals surface area (Å²) in [4.78, 5) is 6.52. The average Bonchev–Trinajstić information content (AvgIpc) is 2.45. The second-order valence-corrected chi connectivity index (χ2v) is 5.19. The average molecular weight is 280 g/mol. The van der Waals surface area contributed by atoms with E-state index >= 15 is 0 Å². The summed E-state index contributed by atoms with van der Waals surface area (Å²) in [5.41, 5.74) is 3.97. The zero-order valence-electron chi connectivity index (χ0n) is 13.3. The number of hydrogen-bond acceptors (Lipinski definition) is 5. The molecular formula is C15H28N4O. The van der Waals surface area contributed by atoms with Gasteiger partial charge in [-0.1, -0.05) is 13.8 Å². The van der Waals surface area contributed by atoms with Gasteiger partial charge in [0, 0.05) is 11.7 Å². The predicted molar refractivity (Wildman–Crippen MR) is 82.5 cm³/mol. The number of ether oxygens (including phenoxy) is 1. The van der Waals surface area contributed by atoms with E-state index in [0.29, 0.717) is 6.61 Å². The Bertz CT molecular complexity index is 405. The molecule has 0 aliphatic rings. The van der Waals surface area contributed by atoms with Crippen molar-refractivity contribution in [3.05, 3.63) is 24.0 Å². The van der Waals surface area contributed by atoms with Crippen molar-refractivity contribution in [2.75, 3.05) is 20.7 Å². The van der Waals surface area contributed by atoms with E-state index in [1.807, 2.05) is 19.2 Å². The van der Waals surface area contributed by atoms with Crippen molar-refractivity contribution < 1.29 is 4.74 Å². The maximum atomic E-state index is 5.86. The maximum absolute atomic E-state index is 5.86. The maximum Gasteiger partial charge on any atom is 0.137 e. The SMILES string of the molecule is CCOc1cncc(C(NN)C(CC)(CC)N(C)C)c1. The molecule has 0 fully saturated rings. The van der Waals surface area contributed by atoms with Crippen molar-refractivity contribution in [1.82, 2.24) is 15.3 Å². The van der Waals surface area contributed by atoms with Crippen molar-refractivity contribution >= 4 is 0 Å². The second kappa shape index (κ2) is 7.57. The van der Waals surface area contributed by atoms with Crippen LogP contribution in [0.2, 0.25) is 0 Å². The van der Waals surface area contributed by atoms with E-state index in [-0.39, 0.29) is 11.6 Å². The van der Waals surface area contributed by atoms with Crippen molar-refractivity contribution in [3.8, 4) is 5.75 Å². The molecule has 3 N–H and O–H groups in total. The fourth-order valence-corrected chi connectivity index (χ4v) is 2.95. The van der Waals surface area contributed by atoms with Gasteiger partial charge in [-0.15, -0.1) is 0 Å². The highest BCUT2D eigenvalue weighted by molar-refractivity contribution is 5.28. The minimum atomic E-state index is -0.0543. The Kier molecular flexibility index (Phi) is 6.39. The lowest BCUT2D eigenvalue weighted by atomic mass is 9.80. The topological polar surface area (TPSA) is 63.4 Å². The van der Waals surface area contributed by atoms with E-state index in [9.17, 15) is 0 Å². The monoisotopic (exact) mass is 280 g/mol. The van der Waals surface area contributed by atoms with E-state index in [0.717, 1.165) is 24.2 Å². The summed E-state index contributed by atoms with van der Waals surface area (Å²) in [6, 6.07) is 2.02. The first-order valence-corrected chi connectivity index (χ1v) is 7.27. The minimum absolute atomic E-state index is 0.000376. The molecule has 1 aromatic rings. The van der Waals surface area contributed by atoms with Crippen LogP contribution in [0.1, 0.15) is 45.2 Å². The van der Waals surface area contributed by atoms with Crippen molar-refractivity contribution in [2.24, 2.45) is 5.84 Å². The number of likely N-dealkylation sites (N-methyl/N-ethyl adjacent to an activating group) is 1.